The van der Waals surface area contributed by atoms with Crippen LogP contribution in [0.1, 0.15) is 17.1 Å². The number of aryl methyl sites for hydroxylation is 2. The molecular formula is C24H24N4O3S. The summed E-state index contributed by atoms with van der Waals surface area (Å²) in [5.41, 5.74) is 5.09. The fourth-order valence-corrected chi connectivity index (χ4v) is 4.30. The van der Waals surface area contributed by atoms with Crippen LogP contribution >= 0.6 is 11.3 Å². The molecule has 0 aliphatic carbocycles. The van der Waals surface area contributed by atoms with Gasteiger partial charge in [-0.05, 0) is 50.2 Å². The standard InChI is InChI=1S/C24H24N4O3S/c1-15-11-16(2)28(27-15)20-8-6-5-7-19(20)26-23(29)13-18-14-32-24(25-18)17-9-10-21(30-3)22(12-17)31-4/h5-12,14H,13H2,1-4H3,(H,26,29). The summed E-state index contributed by atoms with van der Waals surface area (Å²) in [5, 5.41) is 10.3. The van der Waals surface area contributed by atoms with Gasteiger partial charge in [0.2, 0.25) is 5.91 Å². The highest BCUT2D eigenvalue weighted by Gasteiger charge is 2.14. The summed E-state index contributed by atoms with van der Waals surface area (Å²) in [6, 6.07) is 15.3. The highest BCUT2D eigenvalue weighted by atomic mass is 32.1. The van der Waals surface area contributed by atoms with Gasteiger partial charge in [0.05, 0.1) is 43.4 Å². The molecule has 7 nitrogen and oxygen atoms in total. The molecule has 2 aromatic carbocycles. The minimum atomic E-state index is -0.136. The number of anilines is 1. The first-order valence-corrected chi connectivity index (χ1v) is 11.0. The lowest BCUT2D eigenvalue weighted by atomic mass is 10.2. The van der Waals surface area contributed by atoms with Crippen molar-refractivity contribution < 1.29 is 14.3 Å². The molecule has 1 amide bonds. The highest BCUT2D eigenvalue weighted by molar-refractivity contribution is 7.13. The molecule has 2 aromatic heterocycles. The molecule has 4 aromatic rings. The van der Waals surface area contributed by atoms with Crippen LogP contribution in [0.5, 0.6) is 11.5 Å². The van der Waals surface area contributed by atoms with Crippen molar-refractivity contribution in [3.63, 3.8) is 0 Å². The summed E-state index contributed by atoms with van der Waals surface area (Å²) in [4.78, 5) is 17.4. The van der Waals surface area contributed by atoms with E-state index >= 15 is 0 Å². The fourth-order valence-electron chi connectivity index (χ4n) is 3.49. The normalized spacial score (nSPS) is 10.8. The molecule has 164 valence electrons. The van der Waals surface area contributed by atoms with Crippen molar-refractivity contribution in [2.75, 3.05) is 19.5 Å². The molecule has 0 radical (unpaired) electrons. The lowest BCUT2D eigenvalue weighted by Gasteiger charge is -2.12. The molecule has 32 heavy (non-hydrogen) atoms. The van der Waals surface area contributed by atoms with Gasteiger partial charge in [0.25, 0.3) is 0 Å². The Balaban J connectivity index is 1.50. The Kier molecular flexibility index (Phi) is 6.23. The topological polar surface area (TPSA) is 78.3 Å². The Morgan fingerprint density at radius 2 is 1.84 bits per heavy atom. The van der Waals surface area contributed by atoms with E-state index in [1.54, 1.807) is 14.2 Å². The SMILES string of the molecule is COc1ccc(-c2nc(CC(=O)Nc3ccccc3-n3nc(C)cc3C)cs2)cc1OC. The van der Waals surface area contributed by atoms with E-state index in [4.69, 9.17) is 9.47 Å². The van der Waals surface area contributed by atoms with Gasteiger partial charge < -0.3 is 14.8 Å². The Hall–Kier alpha value is -3.65. The molecule has 0 saturated carbocycles. The first kappa shape index (κ1) is 21.6. The van der Waals surface area contributed by atoms with Crippen molar-refractivity contribution in [3.05, 3.63) is 71.0 Å². The van der Waals surface area contributed by atoms with Crippen LogP contribution in [0.4, 0.5) is 5.69 Å². The molecule has 0 unspecified atom stereocenters. The Morgan fingerprint density at radius 3 is 2.56 bits per heavy atom. The van der Waals surface area contributed by atoms with Crippen LogP contribution < -0.4 is 14.8 Å². The van der Waals surface area contributed by atoms with Gasteiger partial charge >= 0.3 is 0 Å². The average molecular weight is 449 g/mol. The number of methoxy groups -OCH3 is 2. The molecule has 0 aliphatic rings. The maximum atomic E-state index is 12.8. The predicted molar refractivity (Wildman–Crippen MR) is 126 cm³/mol. The first-order valence-electron chi connectivity index (χ1n) is 10.1. The second-order valence-corrected chi connectivity index (χ2v) is 8.15. The zero-order chi connectivity index (χ0) is 22.7. The lowest BCUT2D eigenvalue weighted by molar-refractivity contribution is -0.115. The number of thiazole rings is 1. The molecule has 1 N–H and O–H groups in total. The minimum absolute atomic E-state index is 0.136. The number of para-hydroxylation sites is 2. The van der Waals surface area contributed by atoms with E-state index in [1.165, 1.54) is 11.3 Å². The fraction of sp³-hybridized carbons (Fsp3) is 0.208. The molecule has 2 heterocycles. The van der Waals surface area contributed by atoms with Crippen LogP contribution in [0.2, 0.25) is 0 Å². The molecule has 0 atom stereocenters. The smallest absolute Gasteiger partial charge is 0.230 e. The van der Waals surface area contributed by atoms with Crippen molar-refractivity contribution in [1.82, 2.24) is 14.8 Å². The van der Waals surface area contributed by atoms with Crippen LogP contribution in [-0.2, 0) is 11.2 Å². The molecule has 0 bridgehead atoms. The van der Waals surface area contributed by atoms with E-state index in [0.29, 0.717) is 22.9 Å². The number of hydrogen-bond donors (Lipinski definition) is 1. The van der Waals surface area contributed by atoms with Gasteiger partial charge in [-0.3, -0.25) is 4.79 Å². The van der Waals surface area contributed by atoms with Gasteiger partial charge in [-0.2, -0.15) is 5.10 Å². The summed E-state index contributed by atoms with van der Waals surface area (Å²) in [6.07, 6.45) is 0.176. The first-order chi connectivity index (χ1) is 15.5. The van der Waals surface area contributed by atoms with Gasteiger partial charge in [-0.1, -0.05) is 12.1 Å². The number of nitrogens with zero attached hydrogens (tertiary/aromatic N) is 3. The van der Waals surface area contributed by atoms with E-state index < -0.39 is 0 Å². The Labute approximate surface area is 190 Å². The third-order valence-electron chi connectivity index (χ3n) is 4.94. The molecule has 0 saturated heterocycles. The average Bonchev–Trinajstić information content (AvgIpc) is 3.39. The van der Waals surface area contributed by atoms with Crippen molar-refractivity contribution in [1.29, 1.82) is 0 Å². The molecule has 0 aliphatic heterocycles. The number of benzene rings is 2. The number of rotatable bonds is 7. The van der Waals surface area contributed by atoms with Crippen molar-refractivity contribution >= 4 is 22.9 Å². The molecule has 4 rings (SSSR count). The summed E-state index contributed by atoms with van der Waals surface area (Å²) in [5.74, 6) is 1.16. The van der Waals surface area contributed by atoms with E-state index in [2.05, 4.69) is 15.4 Å². The Bertz CT molecular complexity index is 1260. The second-order valence-electron chi connectivity index (χ2n) is 7.29. The number of amides is 1. The zero-order valence-electron chi connectivity index (χ0n) is 18.4. The van der Waals surface area contributed by atoms with Gasteiger partial charge in [0.1, 0.15) is 5.01 Å². The highest BCUT2D eigenvalue weighted by Crippen LogP contribution is 2.33. The number of aromatic nitrogens is 3. The quantitative estimate of drug-likeness (QED) is 0.439. The van der Waals surface area contributed by atoms with Crippen LogP contribution in [-0.4, -0.2) is 34.9 Å². The molecule has 8 heteroatoms. The number of ether oxygens (including phenoxy) is 2. The largest absolute Gasteiger partial charge is 0.493 e. The molecule has 0 spiro atoms. The van der Waals surface area contributed by atoms with Gasteiger partial charge in [0, 0.05) is 16.6 Å². The number of carbonyl (C=O) groups is 1. The van der Waals surface area contributed by atoms with Crippen LogP contribution in [0, 0.1) is 13.8 Å². The van der Waals surface area contributed by atoms with E-state index in [9.17, 15) is 4.79 Å². The lowest BCUT2D eigenvalue weighted by Crippen LogP contribution is -2.16. The summed E-state index contributed by atoms with van der Waals surface area (Å²) >= 11 is 1.49. The summed E-state index contributed by atoms with van der Waals surface area (Å²) in [6.45, 7) is 3.94. The number of nitrogens with one attached hydrogen (secondary N) is 1. The summed E-state index contributed by atoms with van der Waals surface area (Å²) in [7, 11) is 3.20. The molecular weight excluding hydrogens is 424 g/mol. The maximum absolute atomic E-state index is 12.8. The van der Waals surface area contributed by atoms with Crippen molar-refractivity contribution in [3.8, 4) is 27.8 Å². The van der Waals surface area contributed by atoms with Crippen molar-refractivity contribution in [2.24, 2.45) is 0 Å². The third-order valence-corrected chi connectivity index (χ3v) is 5.88. The monoisotopic (exact) mass is 448 g/mol. The minimum Gasteiger partial charge on any atom is -0.493 e. The zero-order valence-corrected chi connectivity index (χ0v) is 19.2. The number of hydrogen-bond acceptors (Lipinski definition) is 6. The van der Waals surface area contributed by atoms with Gasteiger partial charge in [0.15, 0.2) is 11.5 Å². The predicted octanol–water partition coefficient (Wildman–Crippen LogP) is 4.81. The van der Waals surface area contributed by atoms with E-state index in [0.717, 1.165) is 27.6 Å². The molecule has 0 fully saturated rings. The van der Waals surface area contributed by atoms with Crippen LogP contribution in [0.25, 0.3) is 16.3 Å². The van der Waals surface area contributed by atoms with E-state index in [1.807, 2.05) is 72.4 Å². The summed E-state index contributed by atoms with van der Waals surface area (Å²) < 4.78 is 12.5. The van der Waals surface area contributed by atoms with Gasteiger partial charge in [-0.25, -0.2) is 9.67 Å². The van der Waals surface area contributed by atoms with Crippen LogP contribution in [0.15, 0.2) is 53.9 Å². The number of carbonyl (C=O) groups excluding carboxylic acids is 1. The maximum Gasteiger partial charge on any atom is 0.230 e. The van der Waals surface area contributed by atoms with Crippen molar-refractivity contribution in [2.45, 2.75) is 20.3 Å². The third kappa shape index (κ3) is 4.50. The Morgan fingerprint density at radius 1 is 1.06 bits per heavy atom. The van der Waals surface area contributed by atoms with Gasteiger partial charge in [-0.15, -0.1) is 11.3 Å². The second kappa shape index (κ2) is 9.23. The van der Waals surface area contributed by atoms with E-state index in [-0.39, 0.29) is 12.3 Å². The van der Waals surface area contributed by atoms with Crippen LogP contribution in [0.3, 0.4) is 0 Å².